The smallest absolute Gasteiger partial charge is 0.340 e. The maximum atomic E-state index is 13.4. The van der Waals surface area contributed by atoms with Crippen molar-refractivity contribution in [1.82, 2.24) is 10.2 Å². The van der Waals surface area contributed by atoms with Gasteiger partial charge in [0.15, 0.2) is 6.30 Å². The van der Waals surface area contributed by atoms with Gasteiger partial charge in [0, 0.05) is 6.54 Å². The van der Waals surface area contributed by atoms with Crippen LogP contribution in [0.3, 0.4) is 0 Å². The number of anilines is 1. The predicted octanol–water partition coefficient (Wildman–Crippen LogP) is 1.68. The van der Waals surface area contributed by atoms with Crippen LogP contribution in [0, 0.1) is 0 Å². The molecule has 1 aliphatic rings. The number of alkyl halides is 4. The number of hydrogen-bond acceptors (Lipinski definition) is 3. The monoisotopic (exact) mass is 251 g/mol. The zero-order valence-electron chi connectivity index (χ0n) is 8.59. The summed E-state index contributed by atoms with van der Waals surface area (Å²) in [7, 11) is 0. The van der Waals surface area contributed by atoms with Gasteiger partial charge in [-0.1, -0.05) is 0 Å². The lowest BCUT2D eigenvalue weighted by Crippen LogP contribution is -2.32. The van der Waals surface area contributed by atoms with Crippen molar-refractivity contribution in [3.05, 3.63) is 22.1 Å². The molecule has 1 unspecified atom stereocenters. The molecule has 0 amide bonds. The Morgan fingerprint density at radius 1 is 1.47 bits per heavy atom. The first-order valence-electron chi connectivity index (χ1n) is 4.97. The molecule has 1 saturated heterocycles. The normalized spacial score (nSPS) is 20.9. The Hall–Kier alpha value is -1.60. The van der Waals surface area contributed by atoms with E-state index in [9.17, 15) is 22.4 Å². The Labute approximate surface area is 93.2 Å². The van der Waals surface area contributed by atoms with Crippen molar-refractivity contribution in [2.45, 2.75) is 25.3 Å². The molecule has 1 aromatic heterocycles. The molecule has 1 N–H and O–H groups in total. The van der Waals surface area contributed by atoms with E-state index in [0.29, 0.717) is 6.42 Å². The Morgan fingerprint density at radius 2 is 2.18 bits per heavy atom. The molecule has 0 aromatic carbocycles. The first-order chi connectivity index (χ1) is 7.91. The summed E-state index contributed by atoms with van der Waals surface area (Å²) in [5.41, 5.74) is -3.24. The van der Waals surface area contributed by atoms with E-state index < -0.39 is 29.3 Å². The van der Waals surface area contributed by atoms with Crippen molar-refractivity contribution in [2.24, 2.45) is 0 Å². The topological polar surface area (TPSA) is 49.0 Å². The van der Waals surface area contributed by atoms with Crippen LogP contribution in [0.15, 0.2) is 11.0 Å². The van der Waals surface area contributed by atoms with E-state index in [1.165, 1.54) is 0 Å². The minimum Gasteiger partial charge on any atom is -0.340 e. The summed E-state index contributed by atoms with van der Waals surface area (Å²) in [6.45, 7) is 0.148. The van der Waals surface area contributed by atoms with Crippen LogP contribution in [0.25, 0.3) is 0 Å². The van der Waals surface area contributed by atoms with Gasteiger partial charge in [0.2, 0.25) is 0 Å². The molecule has 1 aliphatic heterocycles. The third kappa shape index (κ3) is 2.11. The van der Waals surface area contributed by atoms with Gasteiger partial charge in [-0.3, -0.25) is 4.79 Å². The fraction of sp³-hybridized carbons (Fsp3) is 0.556. The van der Waals surface area contributed by atoms with Crippen molar-refractivity contribution in [1.29, 1.82) is 0 Å². The molecule has 1 aromatic rings. The van der Waals surface area contributed by atoms with Gasteiger partial charge in [-0.15, -0.1) is 0 Å². The average Bonchev–Trinajstić information content (AvgIpc) is 2.62. The number of aromatic amines is 1. The zero-order chi connectivity index (χ0) is 12.6. The minimum absolute atomic E-state index is 0.148. The Balaban J connectivity index is 2.54. The van der Waals surface area contributed by atoms with E-state index in [0.717, 1.165) is 11.1 Å². The SMILES string of the molecule is O=c1[nH]ncc(N2CCCC2F)c1C(F)(F)F. The van der Waals surface area contributed by atoms with E-state index in [1.807, 2.05) is 0 Å². The summed E-state index contributed by atoms with van der Waals surface area (Å²) in [6.07, 6.45) is -4.88. The highest BCUT2D eigenvalue weighted by atomic mass is 19.4. The largest absolute Gasteiger partial charge is 0.423 e. The first-order valence-corrected chi connectivity index (χ1v) is 4.97. The predicted molar refractivity (Wildman–Crippen MR) is 51.3 cm³/mol. The molecule has 2 heterocycles. The van der Waals surface area contributed by atoms with E-state index >= 15 is 0 Å². The Kier molecular flexibility index (Phi) is 2.80. The summed E-state index contributed by atoms with van der Waals surface area (Å²) in [4.78, 5) is 12.1. The minimum atomic E-state index is -4.83. The lowest BCUT2D eigenvalue weighted by molar-refractivity contribution is -0.138. The molecular formula is C9H9F4N3O. The molecule has 0 radical (unpaired) electrons. The number of rotatable bonds is 1. The lowest BCUT2D eigenvalue weighted by Gasteiger charge is -2.23. The summed E-state index contributed by atoms with van der Waals surface area (Å²) < 4.78 is 51.5. The molecule has 4 nitrogen and oxygen atoms in total. The van der Waals surface area contributed by atoms with Crippen LogP contribution >= 0.6 is 0 Å². The van der Waals surface area contributed by atoms with Gasteiger partial charge in [-0.2, -0.15) is 18.3 Å². The summed E-state index contributed by atoms with van der Waals surface area (Å²) >= 11 is 0. The van der Waals surface area contributed by atoms with Crippen molar-refractivity contribution in [3.8, 4) is 0 Å². The number of hydrogen-bond donors (Lipinski definition) is 1. The number of H-pyrrole nitrogens is 1. The summed E-state index contributed by atoms with van der Waals surface area (Å²) in [5.74, 6) is 0. The number of aromatic nitrogens is 2. The Bertz CT molecular complexity index is 470. The fourth-order valence-corrected chi connectivity index (χ4v) is 1.88. The van der Waals surface area contributed by atoms with Crippen LogP contribution in [0.1, 0.15) is 18.4 Å². The standard InChI is InChI=1S/C9H9F4N3O/c10-6-2-1-3-16(6)5-4-14-15-8(17)7(5)9(11,12)13/h4,6H,1-3H2,(H,15,17). The van der Waals surface area contributed by atoms with Crippen LogP contribution in [-0.4, -0.2) is 23.0 Å². The van der Waals surface area contributed by atoms with Gasteiger partial charge in [0.25, 0.3) is 5.56 Å². The van der Waals surface area contributed by atoms with Gasteiger partial charge in [-0.25, -0.2) is 9.49 Å². The van der Waals surface area contributed by atoms with Crippen molar-refractivity contribution < 1.29 is 17.6 Å². The number of nitrogens with zero attached hydrogens (tertiary/aromatic N) is 2. The van der Waals surface area contributed by atoms with Gasteiger partial charge >= 0.3 is 6.18 Å². The van der Waals surface area contributed by atoms with E-state index in [-0.39, 0.29) is 13.0 Å². The van der Waals surface area contributed by atoms with Gasteiger partial charge < -0.3 is 4.90 Å². The third-order valence-corrected chi connectivity index (χ3v) is 2.61. The molecule has 1 fully saturated rings. The molecule has 0 saturated carbocycles. The van der Waals surface area contributed by atoms with E-state index in [4.69, 9.17) is 0 Å². The molecule has 0 spiro atoms. The number of nitrogens with one attached hydrogen (secondary N) is 1. The fourth-order valence-electron chi connectivity index (χ4n) is 1.88. The first kappa shape index (κ1) is 11.9. The maximum absolute atomic E-state index is 13.4. The van der Waals surface area contributed by atoms with Gasteiger partial charge in [0.05, 0.1) is 11.9 Å². The molecule has 2 rings (SSSR count). The van der Waals surface area contributed by atoms with E-state index in [2.05, 4.69) is 5.10 Å². The Morgan fingerprint density at radius 3 is 2.71 bits per heavy atom. The van der Waals surface area contributed by atoms with Gasteiger partial charge in [0.1, 0.15) is 5.56 Å². The second-order valence-corrected chi connectivity index (χ2v) is 3.73. The molecule has 0 bridgehead atoms. The second-order valence-electron chi connectivity index (χ2n) is 3.73. The van der Waals surface area contributed by atoms with Crippen LogP contribution in [-0.2, 0) is 6.18 Å². The highest BCUT2D eigenvalue weighted by molar-refractivity contribution is 5.53. The molecule has 17 heavy (non-hydrogen) atoms. The zero-order valence-corrected chi connectivity index (χ0v) is 8.59. The average molecular weight is 251 g/mol. The highest BCUT2D eigenvalue weighted by Crippen LogP contribution is 2.36. The van der Waals surface area contributed by atoms with Crippen LogP contribution in [0.5, 0.6) is 0 Å². The number of halogens is 4. The molecule has 0 aliphatic carbocycles. The highest BCUT2D eigenvalue weighted by Gasteiger charge is 2.40. The molecule has 1 atom stereocenters. The van der Waals surface area contributed by atoms with Gasteiger partial charge in [-0.05, 0) is 12.8 Å². The molecule has 94 valence electrons. The van der Waals surface area contributed by atoms with Crippen molar-refractivity contribution in [3.63, 3.8) is 0 Å². The second kappa shape index (κ2) is 4.01. The van der Waals surface area contributed by atoms with Crippen LogP contribution in [0.2, 0.25) is 0 Å². The van der Waals surface area contributed by atoms with Crippen LogP contribution < -0.4 is 10.5 Å². The van der Waals surface area contributed by atoms with Crippen molar-refractivity contribution in [2.75, 3.05) is 11.4 Å². The summed E-state index contributed by atoms with van der Waals surface area (Å²) in [6, 6.07) is 0. The molecule has 8 heteroatoms. The van der Waals surface area contributed by atoms with Crippen LogP contribution in [0.4, 0.5) is 23.2 Å². The third-order valence-electron chi connectivity index (χ3n) is 2.61. The molecular weight excluding hydrogens is 242 g/mol. The lowest BCUT2D eigenvalue weighted by atomic mass is 10.2. The summed E-state index contributed by atoms with van der Waals surface area (Å²) in [5, 5.41) is 5.00. The van der Waals surface area contributed by atoms with Crippen molar-refractivity contribution >= 4 is 5.69 Å². The quantitative estimate of drug-likeness (QED) is 0.610. The maximum Gasteiger partial charge on any atom is 0.423 e. The van der Waals surface area contributed by atoms with E-state index in [1.54, 1.807) is 5.10 Å².